The molecule has 1 fully saturated rings. The van der Waals surface area contributed by atoms with Crippen LogP contribution in [0.1, 0.15) is 25.7 Å². The van der Waals surface area contributed by atoms with E-state index >= 15 is 0 Å². The molecule has 0 aliphatic heterocycles. The first-order valence-electron chi connectivity index (χ1n) is 6.66. The molecule has 0 saturated heterocycles. The molecule has 1 aromatic heterocycles. The normalized spacial score (nSPS) is 19.0. The van der Waals surface area contributed by atoms with Crippen molar-refractivity contribution in [3.05, 3.63) is 30.3 Å². The summed E-state index contributed by atoms with van der Waals surface area (Å²) in [6, 6.07) is 9.89. The fraction of sp³-hybridized carbons (Fsp3) is 0.357. The molecule has 104 valence electrons. The molecule has 0 amide bonds. The number of benzene rings is 1. The summed E-state index contributed by atoms with van der Waals surface area (Å²) in [6.07, 6.45) is 3.85. The molecule has 1 aliphatic rings. The molecule has 3 rings (SSSR count). The molecule has 2 aromatic rings. The number of rotatable bonds is 4. The summed E-state index contributed by atoms with van der Waals surface area (Å²) in [5, 5.41) is 12.3. The molecule has 1 aliphatic carbocycles. The quantitative estimate of drug-likeness (QED) is 0.929. The van der Waals surface area contributed by atoms with Gasteiger partial charge in [0.15, 0.2) is 4.34 Å². The van der Waals surface area contributed by atoms with Crippen LogP contribution >= 0.6 is 23.1 Å². The number of anilines is 2. The number of ketones is 1. The molecule has 20 heavy (non-hydrogen) atoms. The molecule has 0 radical (unpaired) electrons. The van der Waals surface area contributed by atoms with Gasteiger partial charge in [0.05, 0.1) is 5.25 Å². The van der Waals surface area contributed by atoms with Gasteiger partial charge >= 0.3 is 0 Å². The zero-order chi connectivity index (χ0) is 13.8. The van der Waals surface area contributed by atoms with Crippen molar-refractivity contribution in [3.63, 3.8) is 0 Å². The molecule has 4 nitrogen and oxygen atoms in total. The van der Waals surface area contributed by atoms with Crippen molar-refractivity contribution >= 4 is 39.7 Å². The number of thioether (sulfide) groups is 1. The number of nitrogens with one attached hydrogen (secondary N) is 1. The van der Waals surface area contributed by atoms with Crippen molar-refractivity contribution in [3.8, 4) is 0 Å². The lowest BCUT2D eigenvalue weighted by Crippen LogP contribution is -2.21. The zero-order valence-electron chi connectivity index (χ0n) is 10.9. The maximum atomic E-state index is 11.8. The van der Waals surface area contributed by atoms with Gasteiger partial charge in [-0.15, -0.1) is 10.2 Å². The Bertz CT molecular complexity index is 585. The third-order valence-electron chi connectivity index (χ3n) is 3.17. The van der Waals surface area contributed by atoms with Gasteiger partial charge in [0, 0.05) is 12.1 Å². The number of hydrogen-bond acceptors (Lipinski definition) is 6. The molecule has 1 aromatic carbocycles. The zero-order valence-corrected chi connectivity index (χ0v) is 12.5. The molecular formula is C14H15N3OS2. The molecular weight excluding hydrogens is 290 g/mol. The van der Waals surface area contributed by atoms with Crippen molar-refractivity contribution in [2.45, 2.75) is 35.3 Å². The lowest BCUT2D eigenvalue weighted by atomic mass is 9.99. The minimum Gasteiger partial charge on any atom is -0.330 e. The van der Waals surface area contributed by atoms with Crippen molar-refractivity contribution < 1.29 is 4.79 Å². The van der Waals surface area contributed by atoms with E-state index in [1.807, 2.05) is 30.3 Å². The third-order valence-corrected chi connectivity index (χ3v) is 5.41. The van der Waals surface area contributed by atoms with E-state index in [0.717, 1.165) is 34.4 Å². The molecule has 1 N–H and O–H groups in total. The standard InChI is InChI=1S/C14H15N3OS2/c18-11-8-4-5-9-12(11)19-14-17-16-13(20-14)15-10-6-2-1-3-7-10/h1-3,6-7,12H,4-5,8-9H2,(H,15,16)/t12-/m0/s1. The van der Waals surface area contributed by atoms with E-state index in [1.165, 1.54) is 11.3 Å². The average molecular weight is 305 g/mol. The van der Waals surface area contributed by atoms with Crippen molar-refractivity contribution in [1.29, 1.82) is 0 Å². The Hall–Kier alpha value is -1.40. The number of nitrogens with zero attached hydrogens (tertiary/aromatic N) is 2. The Morgan fingerprint density at radius 3 is 2.85 bits per heavy atom. The molecule has 1 atom stereocenters. The van der Waals surface area contributed by atoms with Crippen LogP contribution in [-0.2, 0) is 4.79 Å². The fourth-order valence-corrected chi connectivity index (χ4v) is 4.29. The second-order valence-electron chi connectivity index (χ2n) is 4.68. The first-order valence-corrected chi connectivity index (χ1v) is 8.36. The topological polar surface area (TPSA) is 54.9 Å². The van der Waals surface area contributed by atoms with E-state index < -0.39 is 0 Å². The lowest BCUT2D eigenvalue weighted by Gasteiger charge is -2.17. The average Bonchev–Trinajstić information content (AvgIpc) is 2.90. The summed E-state index contributed by atoms with van der Waals surface area (Å²) >= 11 is 3.06. The van der Waals surface area contributed by atoms with Gasteiger partial charge in [-0.1, -0.05) is 47.7 Å². The number of carbonyl (C=O) groups is 1. The number of Topliss-reactive ketones (excluding diaryl/α,β-unsaturated/α-hetero) is 1. The van der Waals surface area contributed by atoms with Crippen LogP contribution in [0.5, 0.6) is 0 Å². The predicted molar refractivity (Wildman–Crippen MR) is 82.8 cm³/mol. The maximum absolute atomic E-state index is 11.8. The number of aromatic nitrogens is 2. The highest BCUT2D eigenvalue weighted by Crippen LogP contribution is 2.35. The number of hydrogen-bond donors (Lipinski definition) is 1. The van der Waals surface area contributed by atoms with Crippen LogP contribution in [-0.4, -0.2) is 21.2 Å². The van der Waals surface area contributed by atoms with Crippen molar-refractivity contribution in [2.24, 2.45) is 0 Å². The van der Waals surface area contributed by atoms with Crippen molar-refractivity contribution in [1.82, 2.24) is 10.2 Å². The van der Waals surface area contributed by atoms with Crippen LogP contribution in [0.2, 0.25) is 0 Å². The van der Waals surface area contributed by atoms with Gasteiger partial charge in [0.1, 0.15) is 5.78 Å². The van der Waals surface area contributed by atoms with Crippen molar-refractivity contribution in [2.75, 3.05) is 5.32 Å². The van der Waals surface area contributed by atoms with Gasteiger partial charge in [-0.05, 0) is 25.0 Å². The Kier molecular flexibility index (Phi) is 4.32. The second-order valence-corrected chi connectivity index (χ2v) is 7.11. The molecule has 1 heterocycles. The maximum Gasteiger partial charge on any atom is 0.210 e. The highest BCUT2D eigenvalue weighted by Gasteiger charge is 2.24. The van der Waals surface area contributed by atoms with E-state index in [2.05, 4.69) is 15.5 Å². The van der Waals surface area contributed by atoms with Crippen LogP contribution in [0.3, 0.4) is 0 Å². The summed E-state index contributed by atoms with van der Waals surface area (Å²) in [5.41, 5.74) is 0.994. The van der Waals surface area contributed by atoms with Crippen LogP contribution in [0.4, 0.5) is 10.8 Å². The van der Waals surface area contributed by atoms with E-state index in [1.54, 1.807) is 11.8 Å². The number of para-hydroxylation sites is 1. The SMILES string of the molecule is O=C1CCCC[C@@H]1Sc1nnc(Nc2ccccc2)s1. The van der Waals surface area contributed by atoms with Gasteiger partial charge in [-0.25, -0.2) is 0 Å². The first kappa shape index (κ1) is 13.6. The van der Waals surface area contributed by atoms with Gasteiger partial charge in [0.2, 0.25) is 5.13 Å². The predicted octanol–water partition coefficient (Wildman–Crippen LogP) is 3.89. The lowest BCUT2D eigenvalue weighted by molar-refractivity contribution is -0.119. The Labute approximate surface area is 126 Å². The van der Waals surface area contributed by atoms with Crippen LogP contribution in [0.25, 0.3) is 0 Å². The Morgan fingerprint density at radius 2 is 2.05 bits per heavy atom. The summed E-state index contributed by atoms with van der Waals surface area (Å²) in [7, 11) is 0. The van der Waals surface area contributed by atoms with E-state index in [9.17, 15) is 4.79 Å². The third kappa shape index (κ3) is 3.37. The highest BCUT2D eigenvalue weighted by molar-refractivity contribution is 8.02. The summed E-state index contributed by atoms with van der Waals surface area (Å²) in [5.74, 6) is 0.356. The molecule has 0 bridgehead atoms. The van der Waals surface area contributed by atoms with E-state index in [0.29, 0.717) is 12.2 Å². The summed E-state index contributed by atoms with van der Waals surface area (Å²) in [6.45, 7) is 0. The Morgan fingerprint density at radius 1 is 1.20 bits per heavy atom. The summed E-state index contributed by atoms with van der Waals surface area (Å²) < 4.78 is 0.865. The van der Waals surface area contributed by atoms with Crippen LogP contribution in [0.15, 0.2) is 34.7 Å². The minimum absolute atomic E-state index is 0.0706. The number of carbonyl (C=O) groups excluding carboxylic acids is 1. The molecule has 0 unspecified atom stereocenters. The monoisotopic (exact) mass is 305 g/mol. The Balaban J connectivity index is 1.63. The van der Waals surface area contributed by atoms with Gasteiger partial charge < -0.3 is 5.32 Å². The van der Waals surface area contributed by atoms with Gasteiger partial charge in [0.25, 0.3) is 0 Å². The van der Waals surface area contributed by atoms with E-state index in [4.69, 9.17) is 0 Å². The second kappa shape index (κ2) is 6.37. The molecule has 0 spiro atoms. The van der Waals surface area contributed by atoms with Gasteiger partial charge in [-0.3, -0.25) is 4.79 Å². The summed E-state index contributed by atoms with van der Waals surface area (Å²) in [4.78, 5) is 11.8. The van der Waals surface area contributed by atoms with Crippen LogP contribution in [0, 0.1) is 0 Å². The molecule has 6 heteroatoms. The van der Waals surface area contributed by atoms with Crippen LogP contribution < -0.4 is 5.32 Å². The largest absolute Gasteiger partial charge is 0.330 e. The minimum atomic E-state index is 0.0706. The smallest absolute Gasteiger partial charge is 0.210 e. The highest BCUT2D eigenvalue weighted by atomic mass is 32.2. The fourth-order valence-electron chi connectivity index (χ4n) is 2.15. The van der Waals surface area contributed by atoms with Gasteiger partial charge in [-0.2, -0.15) is 0 Å². The first-order chi connectivity index (χ1) is 9.81. The molecule has 1 saturated carbocycles. The van der Waals surface area contributed by atoms with E-state index in [-0.39, 0.29) is 5.25 Å².